The van der Waals surface area contributed by atoms with E-state index >= 15 is 0 Å². The topological polar surface area (TPSA) is 35.5 Å². The lowest BCUT2D eigenvalue weighted by Crippen LogP contribution is -2.16. The van der Waals surface area contributed by atoms with Crippen LogP contribution in [-0.2, 0) is 4.74 Å². The molecule has 1 saturated carbocycles. The van der Waals surface area contributed by atoms with Crippen molar-refractivity contribution in [2.75, 3.05) is 13.7 Å². The third-order valence-electron chi connectivity index (χ3n) is 3.48. The van der Waals surface area contributed by atoms with Crippen molar-refractivity contribution >= 4 is 5.97 Å². The molecule has 1 aliphatic rings. The lowest BCUT2D eigenvalue weighted by molar-refractivity contribution is 0.0410. The van der Waals surface area contributed by atoms with E-state index in [-0.39, 0.29) is 5.97 Å². The van der Waals surface area contributed by atoms with Gasteiger partial charge in [-0.1, -0.05) is 25.3 Å². The molecule has 0 amide bonds. The van der Waals surface area contributed by atoms with E-state index in [4.69, 9.17) is 9.47 Å². The molecule has 1 aliphatic carbocycles. The third kappa shape index (κ3) is 3.49. The van der Waals surface area contributed by atoms with Gasteiger partial charge in [0.05, 0.1) is 19.3 Å². The van der Waals surface area contributed by atoms with Crippen LogP contribution in [0.4, 0.5) is 0 Å². The Balaban J connectivity index is 1.86. The summed E-state index contributed by atoms with van der Waals surface area (Å²) in [5.74, 6) is 0.981. The van der Waals surface area contributed by atoms with Gasteiger partial charge in [-0.25, -0.2) is 4.79 Å². The van der Waals surface area contributed by atoms with Gasteiger partial charge in [0.15, 0.2) is 0 Å². The van der Waals surface area contributed by atoms with Gasteiger partial charge in [0.1, 0.15) is 5.75 Å². The van der Waals surface area contributed by atoms with Gasteiger partial charge in [0.25, 0.3) is 0 Å². The first-order valence-electron chi connectivity index (χ1n) is 6.61. The molecule has 0 aromatic heterocycles. The summed E-state index contributed by atoms with van der Waals surface area (Å²) in [5.41, 5.74) is 0.560. The normalized spacial score (nSPS) is 16.3. The maximum atomic E-state index is 11.9. The fraction of sp³-hybridized carbons (Fsp3) is 0.533. The smallest absolute Gasteiger partial charge is 0.338 e. The van der Waals surface area contributed by atoms with E-state index in [1.54, 1.807) is 25.3 Å². The molecule has 3 heteroatoms. The standard InChI is InChI=1S/C15H20O3/c1-17-14-9-5-8-13(10-14)15(16)18-11-12-6-3-2-4-7-12/h5,8-10,12H,2-4,6-7,11H2,1H3. The van der Waals surface area contributed by atoms with Crippen LogP contribution in [0, 0.1) is 5.92 Å². The molecular formula is C15H20O3. The molecule has 1 aromatic carbocycles. The Labute approximate surface area is 108 Å². The number of methoxy groups -OCH3 is 1. The lowest BCUT2D eigenvalue weighted by atomic mass is 9.90. The lowest BCUT2D eigenvalue weighted by Gasteiger charge is -2.21. The number of esters is 1. The van der Waals surface area contributed by atoms with Gasteiger partial charge in [-0.2, -0.15) is 0 Å². The summed E-state index contributed by atoms with van der Waals surface area (Å²) in [7, 11) is 1.59. The summed E-state index contributed by atoms with van der Waals surface area (Å²) in [5, 5.41) is 0. The molecule has 0 heterocycles. The molecule has 1 aromatic rings. The summed E-state index contributed by atoms with van der Waals surface area (Å²) >= 11 is 0. The van der Waals surface area contributed by atoms with Crippen molar-refractivity contribution in [3.8, 4) is 5.75 Å². The Morgan fingerprint density at radius 3 is 2.78 bits per heavy atom. The molecule has 18 heavy (non-hydrogen) atoms. The van der Waals surface area contributed by atoms with Crippen LogP contribution in [0.3, 0.4) is 0 Å². The van der Waals surface area contributed by atoms with E-state index < -0.39 is 0 Å². The van der Waals surface area contributed by atoms with Crippen molar-refractivity contribution in [3.05, 3.63) is 29.8 Å². The number of ether oxygens (including phenoxy) is 2. The number of carbonyl (C=O) groups excluding carboxylic acids is 1. The molecule has 0 aliphatic heterocycles. The van der Waals surface area contributed by atoms with Gasteiger partial charge < -0.3 is 9.47 Å². The molecule has 2 rings (SSSR count). The summed E-state index contributed by atoms with van der Waals surface area (Å²) in [6, 6.07) is 7.09. The minimum absolute atomic E-state index is 0.250. The fourth-order valence-electron chi connectivity index (χ4n) is 2.38. The summed E-state index contributed by atoms with van der Waals surface area (Å²) in [6.07, 6.45) is 6.22. The zero-order chi connectivity index (χ0) is 12.8. The van der Waals surface area contributed by atoms with Crippen LogP contribution >= 0.6 is 0 Å². The monoisotopic (exact) mass is 248 g/mol. The zero-order valence-electron chi connectivity index (χ0n) is 10.9. The predicted octanol–water partition coefficient (Wildman–Crippen LogP) is 3.43. The van der Waals surface area contributed by atoms with E-state index in [1.807, 2.05) is 6.07 Å². The van der Waals surface area contributed by atoms with Crippen LogP contribution < -0.4 is 4.74 Å². The van der Waals surface area contributed by atoms with Gasteiger partial charge in [0.2, 0.25) is 0 Å². The second kappa shape index (κ2) is 6.43. The first-order chi connectivity index (χ1) is 8.79. The van der Waals surface area contributed by atoms with Crippen molar-refractivity contribution in [1.82, 2.24) is 0 Å². The van der Waals surface area contributed by atoms with Crippen LogP contribution in [0.25, 0.3) is 0 Å². The largest absolute Gasteiger partial charge is 0.497 e. The van der Waals surface area contributed by atoms with Gasteiger partial charge in [-0.15, -0.1) is 0 Å². The van der Waals surface area contributed by atoms with Crippen molar-refractivity contribution in [2.45, 2.75) is 32.1 Å². The SMILES string of the molecule is COc1cccc(C(=O)OCC2CCCCC2)c1. The van der Waals surface area contributed by atoms with Crippen molar-refractivity contribution in [1.29, 1.82) is 0 Å². The van der Waals surface area contributed by atoms with Gasteiger partial charge in [0, 0.05) is 0 Å². The van der Waals surface area contributed by atoms with Crippen molar-refractivity contribution < 1.29 is 14.3 Å². The Morgan fingerprint density at radius 1 is 1.28 bits per heavy atom. The predicted molar refractivity (Wildman–Crippen MR) is 69.9 cm³/mol. The molecule has 0 bridgehead atoms. The highest BCUT2D eigenvalue weighted by molar-refractivity contribution is 5.89. The van der Waals surface area contributed by atoms with Gasteiger partial charge in [-0.05, 0) is 37.0 Å². The average molecular weight is 248 g/mol. The Morgan fingerprint density at radius 2 is 2.06 bits per heavy atom. The van der Waals surface area contributed by atoms with E-state index in [0.29, 0.717) is 23.8 Å². The molecule has 0 radical (unpaired) electrons. The number of hydrogen-bond acceptors (Lipinski definition) is 3. The molecule has 3 nitrogen and oxygen atoms in total. The zero-order valence-corrected chi connectivity index (χ0v) is 10.9. The van der Waals surface area contributed by atoms with Gasteiger partial charge >= 0.3 is 5.97 Å². The minimum Gasteiger partial charge on any atom is -0.497 e. The summed E-state index contributed by atoms with van der Waals surface area (Å²) in [6.45, 7) is 0.552. The molecule has 98 valence electrons. The van der Waals surface area contributed by atoms with Gasteiger partial charge in [-0.3, -0.25) is 0 Å². The Bertz CT molecular complexity index is 394. The third-order valence-corrected chi connectivity index (χ3v) is 3.48. The van der Waals surface area contributed by atoms with E-state index in [9.17, 15) is 4.79 Å². The van der Waals surface area contributed by atoms with Crippen molar-refractivity contribution in [3.63, 3.8) is 0 Å². The van der Waals surface area contributed by atoms with Crippen LogP contribution in [-0.4, -0.2) is 19.7 Å². The second-order valence-electron chi connectivity index (χ2n) is 4.83. The number of hydrogen-bond donors (Lipinski definition) is 0. The maximum absolute atomic E-state index is 11.9. The first-order valence-corrected chi connectivity index (χ1v) is 6.61. The minimum atomic E-state index is -0.250. The average Bonchev–Trinajstić information content (AvgIpc) is 2.46. The quantitative estimate of drug-likeness (QED) is 0.766. The Kier molecular flexibility index (Phi) is 4.62. The highest BCUT2D eigenvalue weighted by Gasteiger charge is 2.16. The molecule has 0 N–H and O–H groups in total. The van der Waals surface area contributed by atoms with Crippen LogP contribution in [0.5, 0.6) is 5.75 Å². The summed E-state index contributed by atoms with van der Waals surface area (Å²) in [4.78, 5) is 11.9. The van der Waals surface area contributed by atoms with Crippen LogP contribution in [0.15, 0.2) is 24.3 Å². The first kappa shape index (κ1) is 12.9. The molecule has 0 spiro atoms. The van der Waals surface area contributed by atoms with E-state index in [0.717, 1.165) is 0 Å². The molecule has 0 atom stereocenters. The molecule has 0 unspecified atom stereocenters. The van der Waals surface area contributed by atoms with Crippen molar-refractivity contribution in [2.24, 2.45) is 5.92 Å². The second-order valence-corrected chi connectivity index (χ2v) is 4.83. The summed E-state index contributed by atoms with van der Waals surface area (Å²) < 4.78 is 10.5. The van der Waals surface area contributed by atoms with Crippen LogP contribution in [0.1, 0.15) is 42.5 Å². The van der Waals surface area contributed by atoms with E-state index in [1.165, 1.54) is 32.1 Å². The number of carbonyl (C=O) groups is 1. The number of benzene rings is 1. The van der Waals surface area contributed by atoms with E-state index in [2.05, 4.69) is 0 Å². The molecule has 0 saturated heterocycles. The molecule has 1 fully saturated rings. The highest BCUT2D eigenvalue weighted by Crippen LogP contribution is 2.24. The highest BCUT2D eigenvalue weighted by atomic mass is 16.5. The fourth-order valence-corrected chi connectivity index (χ4v) is 2.38. The molecular weight excluding hydrogens is 228 g/mol. The number of rotatable bonds is 4. The van der Waals surface area contributed by atoms with Crippen LogP contribution in [0.2, 0.25) is 0 Å². The maximum Gasteiger partial charge on any atom is 0.338 e. The Hall–Kier alpha value is -1.51.